The van der Waals surface area contributed by atoms with Gasteiger partial charge in [0.25, 0.3) is 0 Å². The van der Waals surface area contributed by atoms with E-state index in [2.05, 4.69) is 45.7 Å². The highest BCUT2D eigenvalue weighted by atomic mass is 15.5. The molecule has 5 aromatic rings. The van der Waals surface area contributed by atoms with Crippen LogP contribution in [0, 0.1) is 0 Å². The largest absolute Gasteiger partial charge is 0.259 e. The lowest BCUT2D eigenvalue weighted by Gasteiger charge is -2.09. The van der Waals surface area contributed by atoms with E-state index < -0.39 is 0 Å². The second-order valence-corrected chi connectivity index (χ2v) is 7.85. The summed E-state index contributed by atoms with van der Waals surface area (Å²) in [5, 5.41) is 19.1. The average Bonchev–Trinajstić information content (AvgIpc) is 3.51. The number of tetrazole rings is 1. The van der Waals surface area contributed by atoms with Gasteiger partial charge in [-0.05, 0) is 34.0 Å². The predicted molar refractivity (Wildman–Crippen MR) is 125 cm³/mol. The molecule has 0 atom stereocenters. The SMILES string of the molecule is CCCc1nc(Cc2ccccc2)nn1Cc1ccc(-c2ccccc2-c2nnn[nH]2)cn1. The van der Waals surface area contributed by atoms with Crippen LogP contribution in [0.15, 0.2) is 72.9 Å². The predicted octanol–water partition coefficient (Wildman–Crippen LogP) is 4.11. The zero-order chi connectivity index (χ0) is 22.5. The minimum Gasteiger partial charge on any atom is -0.259 e. The lowest BCUT2D eigenvalue weighted by molar-refractivity contribution is 0.616. The van der Waals surface area contributed by atoms with Crippen molar-refractivity contribution < 1.29 is 0 Å². The lowest BCUT2D eigenvalue weighted by Crippen LogP contribution is -2.08. The molecule has 1 N–H and O–H groups in total. The number of rotatable bonds is 8. The van der Waals surface area contributed by atoms with Crippen LogP contribution in [0.25, 0.3) is 22.5 Å². The van der Waals surface area contributed by atoms with Gasteiger partial charge >= 0.3 is 0 Å². The minimum atomic E-state index is 0.588. The Hall–Kier alpha value is -4.20. The number of H-pyrrole nitrogens is 1. The molecule has 3 heterocycles. The maximum Gasteiger partial charge on any atom is 0.180 e. The fraction of sp³-hybridized carbons (Fsp3) is 0.200. The highest BCUT2D eigenvalue weighted by molar-refractivity contribution is 5.79. The summed E-state index contributed by atoms with van der Waals surface area (Å²) in [6.45, 7) is 2.75. The molecule has 0 saturated carbocycles. The zero-order valence-electron chi connectivity index (χ0n) is 18.4. The van der Waals surface area contributed by atoms with Crippen LogP contribution >= 0.6 is 0 Å². The van der Waals surface area contributed by atoms with Crippen molar-refractivity contribution in [2.45, 2.75) is 32.7 Å². The number of nitrogens with zero attached hydrogens (tertiary/aromatic N) is 7. The molecular formula is C25H24N8. The maximum atomic E-state index is 4.80. The highest BCUT2D eigenvalue weighted by Gasteiger charge is 2.13. The third-order valence-corrected chi connectivity index (χ3v) is 5.45. The topological polar surface area (TPSA) is 98.1 Å². The summed E-state index contributed by atoms with van der Waals surface area (Å²) in [5.74, 6) is 2.47. The van der Waals surface area contributed by atoms with Gasteiger partial charge in [-0.2, -0.15) is 5.10 Å². The molecule has 0 fully saturated rings. The van der Waals surface area contributed by atoms with Crippen molar-refractivity contribution in [3.05, 3.63) is 95.8 Å². The van der Waals surface area contributed by atoms with E-state index >= 15 is 0 Å². The van der Waals surface area contributed by atoms with Crippen LogP contribution in [0.2, 0.25) is 0 Å². The third-order valence-electron chi connectivity index (χ3n) is 5.45. The number of hydrogen-bond donors (Lipinski definition) is 1. The minimum absolute atomic E-state index is 0.588. The Labute approximate surface area is 191 Å². The first-order valence-corrected chi connectivity index (χ1v) is 11.0. The van der Waals surface area contributed by atoms with E-state index in [1.165, 1.54) is 5.56 Å². The van der Waals surface area contributed by atoms with Gasteiger partial charge in [-0.15, -0.1) is 5.10 Å². The van der Waals surface area contributed by atoms with Crippen molar-refractivity contribution in [1.29, 1.82) is 0 Å². The Morgan fingerprint density at radius 3 is 2.45 bits per heavy atom. The quantitative estimate of drug-likeness (QED) is 0.393. The van der Waals surface area contributed by atoms with Crippen LogP contribution in [0.3, 0.4) is 0 Å². The first-order valence-electron chi connectivity index (χ1n) is 11.0. The molecule has 2 aromatic carbocycles. The first-order chi connectivity index (χ1) is 16.3. The van der Waals surface area contributed by atoms with Crippen LogP contribution in [0.4, 0.5) is 0 Å². The summed E-state index contributed by atoms with van der Waals surface area (Å²) in [4.78, 5) is 9.52. The molecule has 33 heavy (non-hydrogen) atoms. The smallest absolute Gasteiger partial charge is 0.180 e. The van der Waals surface area contributed by atoms with Crippen molar-refractivity contribution in [3.8, 4) is 22.5 Å². The zero-order valence-corrected chi connectivity index (χ0v) is 18.4. The molecule has 0 aliphatic heterocycles. The van der Waals surface area contributed by atoms with Gasteiger partial charge in [-0.25, -0.2) is 14.8 Å². The molecule has 0 unspecified atom stereocenters. The molecule has 8 heteroatoms. The summed E-state index contributed by atoms with van der Waals surface area (Å²) >= 11 is 0. The van der Waals surface area contributed by atoms with E-state index in [0.29, 0.717) is 12.4 Å². The summed E-state index contributed by atoms with van der Waals surface area (Å²) in [6, 6.07) is 22.4. The molecular weight excluding hydrogens is 412 g/mol. The molecule has 0 aliphatic carbocycles. The Morgan fingerprint density at radius 2 is 1.73 bits per heavy atom. The number of hydrogen-bond acceptors (Lipinski definition) is 6. The molecule has 0 amide bonds. The van der Waals surface area contributed by atoms with Crippen molar-refractivity contribution in [2.75, 3.05) is 0 Å². The van der Waals surface area contributed by atoms with E-state index in [4.69, 9.17) is 15.1 Å². The van der Waals surface area contributed by atoms with Crippen LogP contribution in [-0.4, -0.2) is 40.4 Å². The van der Waals surface area contributed by atoms with Gasteiger partial charge in [-0.1, -0.05) is 67.6 Å². The Kier molecular flexibility index (Phi) is 5.97. The molecule has 5 rings (SSSR count). The number of nitrogens with one attached hydrogen (secondary N) is 1. The second-order valence-electron chi connectivity index (χ2n) is 7.85. The summed E-state index contributed by atoms with van der Waals surface area (Å²) in [7, 11) is 0. The van der Waals surface area contributed by atoms with Gasteiger partial charge < -0.3 is 0 Å². The summed E-state index contributed by atoms with van der Waals surface area (Å²) in [5.41, 5.74) is 5.10. The summed E-state index contributed by atoms with van der Waals surface area (Å²) in [6.07, 6.45) is 4.52. The van der Waals surface area contributed by atoms with Gasteiger partial charge in [-0.3, -0.25) is 4.98 Å². The van der Waals surface area contributed by atoms with Gasteiger partial charge in [0.2, 0.25) is 0 Å². The number of aryl methyl sites for hydroxylation is 1. The van der Waals surface area contributed by atoms with E-state index in [1.807, 2.05) is 59.4 Å². The second kappa shape index (κ2) is 9.52. The average molecular weight is 437 g/mol. The van der Waals surface area contributed by atoms with Gasteiger partial charge in [0.15, 0.2) is 11.6 Å². The van der Waals surface area contributed by atoms with E-state index in [-0.39, 0.29) is 0 Å². The molecule has 0 bridgehead atoms. The van der Waals surface area contributed by atoms with Crippen LogP contribution in [0.1, 0.15) is 36.3 Å². The summed E-state index contributed by atoms with van der Waals surface area (Å²) < 4.78 is 1.98. The Balaban J connectivity index is 1.38. The molecule has 0 saturated heterocycles. The monoisotopic (exact) mass is 436 g/mol. The number of aromatic amines is 1. The highest BCUT2D eigenvalue weighted by Crippen LogP contribution is 2.29. The van der Waals surface area contributed by atoms with Gasteiger partial charge in [0, 0.05) is 30.2 Å². The van der Waals surface area contributed by atoms with Gasteiger partial charge in [0.05, 0.1) is 12.2 Å². The fourth-order valence-electron chi connectivity index (χ4n) is 3.86. The van der Waals surface area contributed by atoms with Crippen molar-refractivity contribution in [1.82, 2.24) is 40.4 Å². The normalized spacial score (nSPS) is 11.1. The number of aromatic nitrogens is 8. The van der Waals surface area contributed by atoms with Crippen LogP contribution < -0.4 is 0 Å². The third kappa shape index (κ3) is 4.69. The molecule has 3 aromatic heterocycles. The molecule has 0 spiro atoms. The molecule has 8 nitrogen and oxygen atoms in total. The Bertz CT molecular complexity index is 1310. The van der Waals surface area contributed by atoms with Crippen molar-refractivity contribution in [2.24, 2.45) is 0 Å². The number of benzene rings is 2. The van der Waals surface area contributed by atoms with Gasteiger partial charge in [0.1, 0.15) is 5.82 Å². The van der Waals surface area contributed by atoms with E-state index in [0.717, 1.165) is 53.3 Å². The lowest BCUT2D eigenvalue weighted by atomic mass is 10.0. The van der Waals surface area contributed by atoms with Crippen molar-refractivity contribution >= 4 is 0 Å². The molecule has 164 valence electrons. The molecule has 0 radical (unpaired) electrons. The maximum absolute atomic E-state index is 4.80. The standard InChI is InChI=1S/C25H24N8/c1-2-8-24-27-23(15-18-9-4-3-5-10-18)30-33(24)17-20-14-13-19(16-26-20)21-11-6-7-12-22(21)25-28-31-32-29-25/h3-7,9-14,16H,2,8,15,17H2,1H3,(H,28,29,31,32). The van der Waals surface area contributed by atoms with Crippen molar-refractivity contribution in [3.63, 3.8) is 0 Å². The van der Waals surface area contributed by atoms with E-state index in [1.54, 1.807) is 0 Å². The van der Waals surface area contributed by atoms with E-state index in [9.17, 15) is 0 Å². The van der Waals surface area contributed by atoms with Crippen LogP contribution in [-0.2, 0) is 19.4 Å². The van der Waals surface area contributed by atoms with Crippen LogP contribution in [0.5, 0.6) is 0 Å². The Morgan fingerprint density at radius 1 is 0.909 bits per heavy atom. The molecule has 0 aliphatic rings. The fourth-order valence-corrected chi connectivity index (χ4v) is 3.86. The number of pyridine rings is 1. The first kappa shape index (κ1) is 20.7.